The predicted octanol–water partition coefficient (Wildman–Crippen LogP) is 5.85. The molecule has 0 saturated carbocycles. The molecule has 0 aliphatic rings. The Morgan fingerprint density at radius 2 is 1.95 bits per heavy atom. The third-order valence-electron chi connectivity index (χ3n) is 2.79. The van der Waals surface area contributed by atoms with Crippen molar-refractivity contribution in [2.24, 2.45) is 0 Å². The van der Waals surface area contributed by atoms with Crippen molar-refractivity contribution in [3.8, 4) is 10.4 Å². The fraction of sp³-hybridized carbons (Fsp3) is 0.0667. The van der Waals surface area contributed by atoms with Crippen LogP contribution in [-0.2, 0) is 6.54 Å². The Bertz CT molecular complexity index is 658. The van der Waals surface area contributed by atoms with Crippen LogP contribution >= 0.6 is 38.6 Å². The monoisotopic (exact) mass is 349 g/mol. The van der Waals surface area contributed by atoms with E-state index in [0.717, 1.165) is 11.0 Å². The molecule has 0 atom stereocenters. The van der Waals surface area contributed by atoms with Crippen molar-refractivity contribution < 1.29 is 0 Å². The lowest BCUT2D eigenvalue weighted by Crippen LogP contribution is -1.98. The molecule has 0 amide bonds. The van der Waals surface area contributed by atoms with Crippen molar-refractivity contribution in [2.45, 2.75) is 6.54 Å². The molecule has 0 bridgehead atoms. The van der Waals surface area contributed by atoms with Crippen molar-refractivity contribution in [3.05, 3.63) is 62.6 Å². The summed E-state index contributed by atoms with van der Waals surface area (Å²) in [5, 5.41) is 7.75. The molecule has 0 saturated heterocycles. The minimum absolute atomic E-state index is 0.860. The Balaban J connectivity index is 1.81. The fourth-order valence-corrected chi connectivity index (χ4v) is 4.07. The molecule has 3 aromatic rings. The molecule has 0 radical (unpaired) electrons. The van der Waals surface area contributed by atoms with Gasteiger partial charge in [-0.15, -0.1) is 22.7 Å². The molecular formula is C15H12BrNS2. The van der Waals surface area contributed by atoms with Gasteiger partial charge >= 0.3 is 0 Å². The Morgan fingerprint density at radius 3 is 2.68 bits per heavy atom. The van der Waals surface area contributed by atoms with Gasteiger partial charge in [0.2, 0.25) is 0 Å². The molecule has 3 rings (SSSR count). The van der Waals surface area contributed by atoms with Gasteiger partial charge in [0, 0.05) is 37.4 Å². The number of anilines is 1. The fourth-order valence-electron chi connectivity index (χ4n) is 1.91. The summed E-state index contributed by atoms with van der Waals surface area (Å²) in [7, 11) is 0. The summed E-state index contributed by atoms with van der Waals surface area (Å²) < 4.78 is 1.15. The maximum atomic E-state index is 3.53. The molecule has 0 aliphatic carbocycles. The smallest absolute Gasteiger partial charge is 0.0494 e. The summed E-state index contributed by atoms with van der Waals surface area (Å²) in [5.74, 6) is 0. The molecule has 96 valence electrons. The summed E-state index contributed by atoms with van der Waals surface area (Å²) in [6.07, 6.45) is 0. The normalized spacial score (nSPS) is 10.6. The third kappa shape index (κ3) is 3.08. The van der Waals surface area contributed by atoms with Crippen molar-refractivity contribution in [3.63, 3.8) is 0 Å². The molecule has 1 aromatic carbocycles. The van der Waals surface area contributed by atoms with Gasteiger partial charge in [-0.2, -0.15) is 0 Å². The van der Waals surface area contributed by atoms with E-state index in [-0.39, 0.29) is 0 Å². The van der Waals surface area contributed by atoms with Gasteiger partial charge in [-0.05, 0) is 39.5 Å². The van der Waals surface area contributed by atoms with Crippen LogP contribution in [0.15, 0.2) is 57.7 Å². The van der Waals surface area contributed by atoms with Crippen LogP contribution in [-0.4, -0.2) is 0 Å². The number of para-hydroxylation sites is 1. The minimum Gasteiger partial charge on any atom is -0.380 e. The zero-order valence-corrected chi connectivity index (χ0v) is 13.3. The number of hydrogen-bond donors (Lipinski definition) is 1. The van der Waals surface area contributed by atoms with Crippen LogP contribution in [0.3, 0.4) is 0 Å². The molecule has 0 spiro atoms. The summed E-state index contributed by atoms with van der Waals surface area (Å²) in [6, 6.07) is 14.9. The number of halogens is 1. The van der Waals surface area contributed by atoms with Crippen LogP contribution in [0, 0.1) is 0 Å². The van der Waals surface area contributed by atoms with E-state index in [1.54, 1.807) is 22.7 Å². The molecule has 0 unspecified atom stereocenters. The highest BCUT2D eigenvalue weighted by Gasteiger charge is 2.05. The van der Waals surface area contributed by atoms with Crippen LogP contribution in [0.4, 0.5) is 5.69 Å². The Labute approximate surface area is 129 Å². The SMILES string of the molecule is Brc1csc(CNc2ccccc2-c2cccs2)c1. The van der Waals surface area contributed by atoms with E-state index in [2.05, 4.69) is 74.5 Å². The number of benzene rings is 1. The summed E-state index contributed by atoms with van der Waals surface area (Å²) in [4.78, 5) is 2.63. The largest absolute Gasteiger partial charge is 0.380 e. The van der Waals surface area contributed by atoms with Gasteiger partial charge in [-0.1, -0.05) is 24.3 Å². The van der Waals surface area contributed by atoms with Gasteiger partial charge in [0.15, 0.2) is 0 Å². The van der Waals surface area contributed by atoms with Crippen molar-refractivity contribution >= 4 is 44.3 Å². The summed E-state index contributed by atoms with van der Waals surface area (Å²) in [6.45, 7) is 0.860. The van der Waals surface area contributed by atoms with E-state index in [0.29, 0.717) is 0 Å². The van der Waals surface area contributed by atoms with Crippen molar-refractivity contribution in [1.82, 2.24) is 0 Å². The van der Waals surface area contributed by atoms with Gasteiger partial charge in [-0.25, -0.2) is 0 Å². The number of rotatable bonds is 4. The van der Waals surface area contributed by atoms with Crippen molar-refractivity contribution in [1.29, 1.82) is 0 Å². The molecule has 1 N–H and O–H groups in total. The zero-order valence-electron chi connectivity index (χ0n) is 10.1. The highest BCUT2D eigenvalue weighted by molar-refractivity contribution is 9.10. The van der Waals surface area contributed by atoms with Crippen LogP contribution in [0.2, 0.25) is 0 Å². The minimum atomic E-state index is 0.860. The van der Waals surface area contributed by atoms with E-state index in [1.165, 1.54) is 21.0 Å². The highest BCUT2D eigenvalue weighted by Crippen LogP contribution is 2.32. The van der Waals surface area contributed by atoms with Gasteiger partial charge < -0.3 is 5.32 Å². The average molecular weight is 350 g/mol. The summed E-state index contributed by atoms with van der Waals surface area (Å²) in [5.41, 5.74) is 2.46. The standard InChI is InChI=1S/C15H12BrNS2/c16-11-8-12(19-10-11)9-17-14-5-2-1-4-13(14)15-6-3-7-18-15/h1-8,10,17H,9H2. The van der Waals surface area contributed by atoms with E-state index in [9.17, 15) is 0 Å². The molecule has 0 fully saturated rings. The highest BCUT2D eigenvalue weighted by atomic mass is 79.9. The average Bonchev–Trinajstić information content (AvgIpc) is 3.08. The lowest BCUT2D eigenvalue weighted by molar-refractivity contribution is 1.19. The quantitative estimate of drug-likeness (QED) is 0.622. The number of nitrogens with one attached hydrogen (secondary N) is 1. The molecule has 0 aliphatic heterocycles. The summed E-state index contributed by atoms with van der Waals surface area (Å²) >= 11 is 7.03. The molecule has 2 heterocycles. The molecular weight excluding hydrogens is 338 g/mol. The van der Waals surface area contributed by atoms with E-state index < -0.39 is 0 Å². The first kappa shape index (κ1) is 12.9. The first-order chi connectivity index (χ1) is 9.33. The second-order valence-corrected chi connectivity index (χ2v) is 6.97. The lowest BCUT2D eigenvalue weighted by Gasteiger charge is -2.10. The van der Waals surface area contributed by atoms with Crippen molar-refractivity contribution in [2.75, 3.05) is 5.32 Å². The first-order valence-electron chi connectivity index (χ1n) is 5.92. The predicted molar refractivity (Wildman–Crippen MR) is 89.1 cm³/mol. The molecule has 4 heteroatoms. The number of thiophene rings is 2. The molecule has 19 heavy (non-hydrogen) atoms. The lowest BCUT2D eigenvalue weighted by atomic mass is 10.1. The van der Waals surface area contributed by atoms with Gasteiger partial charge in [0.05, 0.1) is 0 Å². The Hall–Kier alpha value is -1.10. The molecule has 1 nitrogen and oxygen atoms in total. The maximum absolute atomic E-state index is 3.53. The Morgan fingerprint density at radius 1 is 1.05 bits per heavy atom. The van der Waals surface area contributed by atoms with Crippen LogP contribution in [0.1, 0.15) is 4.88 Å². The van der Waals surface area contributed by atoms with E-state index >= 15 is 0 Å². The second kappa shape index (κ2) is 5.90. The van der Waals surface area contributed by atoms with Gasteiger partial charge in [0.1, 0.15) is 0 Å². The second-order valence-electron chi connectivity index (χ2n) is 4.11. The van der Waals surface area contributed by atoms with Gasteiger partial charge in [-0.3, -0.25) is 0 Å². The van der Waals surface area contributed by atoms with E-state index in [1.807, 2.05) is 0 Å². The van der Waals surface area contributed by atoms with Crippen LogP contribution in [0.5, 0.6) is 0 Å². The maximum Gasteiger partial charge on any atom is 0.0494 e. The van der Waals surface area contributed by atoms with Gasteiger partial charge in [0.25, 0.3) is 0 Å². The molecule has 2 aromatic heterocycles. The third-order valence-corrected chi connectivity index (χ3v) is 5.39. The van der Waals surface area contributed by atoms with Crippen LogP contribution < -0.4 is 5.32 Å². The van der Waals surface area contributed by atoms with Crippen LogP contribution in [0.25, 0.3) is 10.4 Å². The topological polar surface area (TPSA) is 12.0 Å². The first-order valence-corrected chi connectivity index (χ1v) is 8.48. The zero-order chi connectivity index (χ0) is 13.1. The van der Waals surface area contributed by atoms with E-state index in [4.69, 9.17) is 0 Å². The number of hydrogen-bond acceptors (Lipinski definition) is 3. The Kier molecular flexibility index (Phi) is 4.01.